The number of methoxy groups -OCH3 is 1. The normalized spacial score (nSPS) is 10.7. The Morgan fingerprint density at radius 1 is 1.30 bits per heavy atom. The molecule has 116 valence electrons. The summed E-state index contributed by atoms with van der Waals surface area (Å²) in [4.78, 5) is 27.6. The number of hydrogen-bond donors (Lipinski definition) is 1. The van der Waals surface area contributed by atoms with Gasteiger partial charge in [-0.25, -0.2) is 14.5 Å². The zero-order valence-electron chi connectivity index (χ0n) is 12.0. The van der Waals surface area contributed by atoms with Gasteiger partial charge in [-0.2, -0.15) is 5.10 Å². The van der Waals surface area contributed by atoms with Crippen LogP contribution in [-0.2, 0) is 4.74 Å². The molecule has 2 heterocycles. The summed E-state index contributed by atoms with van der Waals surface area (Å²) in [7, 11) is 1.29. The molecule has 0 saturated heterocycles. The zero-order chi connectivity index (χ0) is 16.6. The third kappa shape index (κ3) is 2.68. The van der Waals surface area contributed by atoms with Crippen LogP contribution in [0.4, 0.5) is 0 Å². The maximum atomic E-state index is 11.9. The lowest BCUT2D eigenvalue weighted by Gasteiger charge is -2.05. The van der Waals surface area contributed by atoms with E-state index >= 15 is 0 Å². The Morgan fingerprint density at radius 2 is 2.09 bits per heavy atom. The smallest absolute Gasteiger partial charge is 0.359 e. The molecule has 3 aromatic rings. The first-order chi connectivity index (χ1) is 11.0. The highest BCUT2D eigenvalue weighted by atomic mass is 79.9. The predicted molar refractivity (Wildman–Crippen MR) is 86.4 cm³/mol. The highest BCUT2D eigenvalue weighted by Gasteiger charge is 2.19. The summed E-state index contributed by atoms with van der Waals surface area (Å²) in [5, 5.41) is 4.83. The number of rotatable bonds is 3. The van der Waals surface area contributed by atoms with Crippen molar-refractivity contribution < 1.29 is 14.3 Å². The second kappa shape index (κ2) is 5.81. The lowest BCUT2D eigenvalue weighted by atomic mass is 10.2. The van der Waals surface area contributed by atoms with Crippen LogP contribution in [0, 0.1) is 0 Å². The number of esters is 1. The van der Waals surface area contributed by atoms with Crippen LogP contribution in [0.5, 0.6) is 0 Å². The standard InChI is InChI=1S/C15H11BrN4O3/c1-23-15(22)12-11-3-2-4-18-14(11)20(19-12)10-6-8(13(17)21)5-9(16)7-10/h2-7H,1H3,(H2,17,21). The first kappa shape index (κ1) is 15.2. The maximum absolute atomic E-state index is 11.9. The quantitative estimate of drug-likeness (QED) is 0.707. The highest BCUT2D eigenvalue weighted by molar-refractivity contribution is 9.10. The van der Waals surface area contributed by atoms with E-state index in [-0.39, 0.29) is 5.69 Å². The molecule has 0 fully saturated rings. The first-order valence-electron chi connectivity index (χ1n) is 6.54. The molecule has 2 aromatic heterocycles. The Hall–Kier alpha value is -2.74. The monoisotopic (exact) mass is 374 g/mol. The Bertz CT molecular complexity index is 936. The van der Waals surface area contributed by atoms with Gasteiger partial charge in [0.2, 0.25) is 5.91 Å². The van der Waals surface area contributed by atoms with E-state index in [4.69, 9.17) is 10.5 Å². The molecule has 1 aromatic carbocycles. The van der Waals surface area contributed by atoms with Crippen LogP contribution in [0.15, 0.2) is 41.0 Å². The number of carbonyl (C=O) groups excluding carboxylic acids is 2. The van der Waals surface area contributed by atoms with Gasteiger partial charge in [-0.15, -0.1) is 0 Å². The molecule has 3 rings (SSSR count). The van der Waals surface area contributed by atoms with Crippen LogP contribution < -0.4 is 5.73 Å². The largest absolute Gasteiger partial charge is 0.464 e. The van der Waals surface area contributed by atoms with E-state index in [1.165, 1.54) is 11.8 Å². The second-order valence-corrected chi connectivity index (χ2v) is 5.60. The molecule has 2 N–H and O–H groups in total. The Morgan fingerprint density at radius 3 is 2.78 bits per heavy atom. The molecule has 0 spiro atoms. The summed E-state index contributed by atoms with van der Waals surface area (Å²) < 4.78 is 6.88. The summed E-state index contributed by atoms with van der Waals surface area (Å²) in [5.74, 6) is -1.13. The topological polar surface area (TPSA) is 100 Å². The molecule has 0 aliphatic carbocycles. The van der Waals surface area contributed by atoms with E-state index in [1.54, 1.807) is 36.5 Å². The predicted octanol–water partition coefficient (Wildman–Crippen LogP) is 2.07. The molecule has 0 saturated carbocycles. The number of pyridine rings is 1. The molecule has 0 aliphatic rings. The summed E-state index contributed by atoms with van der Waals surface area (Å²) in [6.07, 6.45) is 1.59. The number of primary amides is 1. The first-order valence-corrected chi connectivity index (χ1v) is 7.33. The molecular weight excluding hydrogens is 364 g/mol. The number of aromatic nitrogens is 3. The molecule has 8 heteroatoms. The van der Waals surface area contributed by atoms with Crippen molar-refractivity contribution in [3.8, 4) is 5.69 Å². The van der Waals surface area contributed by atoms with Crippen LogP contribution >= 0.6 is 15.9 Å². The minimum atomic E-state index is -0.565. The van der Waals surface area contributed by atoms with Crippen LogP contribution in [0.1, 0.15) is 20.8 Å². The van der Waals surface area contributed by atoms with E-state index in [0.717, 1.165) is 0 Å². The summed E-state index contributed by atoms with van der Waals surface area (Å²) >= 11 is 3.33. The Labute approximate surface area is 139 Å². The number of carbonyl (C=O) groups is 2. The van der Waals surface area contributed by atoms with Crippen molar-refractivity contribution in [2.75, 3.05) is 7.11 Å². The van der Waals surface area contributed by atoms with Crippen molar-refractivity contribution >= 4 is 38.8 Å². The molecule has 0 aliphatic heterocycles. The fourth-order valence-corrected chi connectivity index (χ4v) is 2.70. The SMILES string of the molecule is COC(=O)c1nn(-c2cc(Br)cc(C(N)=O)c2)c2ncccc12. The maximum Gasteiger partial charge on any atom is 0.359 e. The number of fused-ring (bicyclic) bond motifs is 1. The van der Waals surface area contributed by atoms with E-state index in [9.17, 15) is 9.59 Å². The number of benzene rings is 1. The van der Waals surface area contributed by atoms with Gasteiger partial charge in [0.25, 0.3) is 0 Å². The number of ether oxygens (including phenoxy) is 1. The highest BCUT2D eigenvalue weighted by Crippen LogP contribution is 2.24. The van der Waals surface area contributed by atoms with Crippen molar-refractivity contribution in [3.63, 3.8) is 0 Å². The average Bonchev–Trinajstić information content (AvgIpc) is 2.93. The van der Waals surface area contributed by atoms with Gasteiger partial charge in [-0.1, -0.05) is 15.9 Å². The van der Waals surface area contributed by atoms with E-state index in [2.05, 4.69) is 26.0 Å². The van der Waals surface area contributed by atoms with Crippen molar-refractivity contribution in [3.05, 3.63) is 52.3 Å². The van der Waals surface area contributed by atoms with Crippen LogP contribution in [0.2, 0.25) is 0 Å². The van der Waals surface area contributed by atoms with Crippen molar-refractivity contribution in [2.45, 2.75) is 0 Å². The van der Waals surface area contributed by atoms with Gasteiger partial charge in [-0.05, 0) is 30.3 Å². The molecule has 1 amide bonds. The van der Waals surface area contributed by atoms with E-state index in [0.29, 0.717) is 26.8 Å². The molecule has 0 radical (unpaired) electrons. The molecule has 0 atom stereocenters. The molecular formula is C15H11BrN4O3. The third-order valence-corrected chi connectivity index (χ3v) is 3.69. The number of nitrogens with zero attached hydrogens (tertiary/aromatic N) is 3. The lowest BCUT2D eigenvalue weighted by Crippen LogP contribution is -2.12. The van der Waals surface area contributed by atoms with Crippen molar-refractivity contribution in [2.24, 2.45) is 5.73 Å². The van der Waals surface area contributed by atoms with Gasteiger partial charge in [-0.3, -0.25) is 4.79 Å². The summed E-state index contributed by atoms with van der Waals surface area (Å²) in [6.45, 7) is 0. The van der Waals surface area contributed by atoms with Gasteiger partial charge in [0.1, 0.15) is 0 Å². The number of nitrogens with two attached hydrogens (primary N) is 1. The molecule has 0 unspecified atom stereocenters. The number of amides is 1. The van der Waals surface area contributed by atoms with Crippen LogP contribution in [0.3, 0.4) is 0 Å². The molecule has 0 bridgehead atoms. The average molecular weight is 375 g/mol. The fraction of sp³-hybridized carbons (Fsp3) is 0.0667. The van der Waals surface area contributed by atoms with Gasteiger partial charge < -0.3 is 10.5 Å². The van der Waals surface area contributed by atoms with Crippen molar-refractivity contribution in [1.29, 1.82) is 0 Å². The van der Waals surface area contributed by atoms with Crippen molar-refractivity contribution in [1.82, 2.24) is 14.8 Å². The van der Waals surface area contributed by atoms with Gasteiger partial charge in [0.05, 0.1) is 18.2 Å². The minimum absolute atomic E-state index is 0.149. The van der Waals surface area contributed by atoms with E-state index in [1.807, 2.05) is 0 Å². The van der Waals surface area contributed by atoms with Crippen LogP contribution in [-0.4, -0.2) is 33.8 Å². The third-order valence-electron chi connectivity index (χ3n) is 3.23. The minimum Gasteiger partial charge on any atom is -0.464 e. The van der Waals surface area contributed by atoms with Gasteiger partial charge in [0, 0.05) is 16.2 Å². The summed E-state index contributed by atoms with van der Waals surface area (Å²) in [6, 6.07) is 8.36. The second-order valence-electron chi connectivity index (χ2n) is 4.69. The Balaban J connectivity index is 2.29. The van der Waals surface area contributed by atoms with Gasteiger partial charge >= 0.3 is 5.97 Å². The lowest BCUT2D eigenvalue weighted by molar-refractivity contribution is 0.0595. The summed E-state index contributed by atoms with van der Waals surface area (Å²) in [5.41, 5.74) is 6.82. The number of halogens is 1. The zero-order valence-corrected chi connectivity index (χ0v) is 13.6. The number of hydrogen-bond acceptors (Lipinski definition) is 5. The fourth-order valence-electron chi connectivity index (χ4n) is 2.22. The van der Waals surface area contributed by atoms with E-state index < -0.39 is 11.9 Å². The molecule has 23 heavy (non-hydrogen) atoms. The van der Waals surface area contributed by atoms with Gasteiger partial charge in [0.15, 0.2) is 11.3 Å². The van der Waals surface area contributed by atoms with Crippen LogP contribution in [0.25, 0.3) is 16.7 Å². The Kier molecular flexibility index (Phi) is 3.83. The molecule has 7 nitrogen and oxygen atoms in total.